The highest BCUT2D eigenvalue weighted by molar-refractivity contribution is 7.57. The Bertz CT molecular complexity index is 1960. The van der Waals surface area contributed by atoms with Crippen molar-refractivity contribution in [3.63, 3.8) is 0 Å². The molecule has 0 saturated heterocycles. The summed E-state index contributed by atoms with van der Waals surface area (Å²) >= 11 is 5.72. The number of alkyl halides is 3. The number of nitrogens with two attached hydrogens (primary N) is 1. The lowest BCUT2D eigenvalue weighted by Gasteiger charge is -2.17. The lowest BCUT2D eigenvalue weighted by Crippen LogP contribution is -2.30. The Morgan fingerprint density at radius 2 is 1.53 bits per heavy atom. The van der Waals surface area contributed by atoms with Crippen LogP contribution in [-0.4, -0.2) is 66.7 Å². The van der Waals surface area contributed by atoms with Crippen molar-refractivity contribution in [2.24, 2.45) is 5.73 Å². The number of hydrogen-bond donors (Lipinski definition) is 5. The molecule has 0 aliphatic carbocycles. The highest BCUT2D eigenvalue weighted by atomic mass is 35.5. The van der Waals surface area contributed by atoms with Gasteiger partial charge in [-0.1, -0.05) is 25.4 Å². The largest absolute Gasteiger partial charge is 0.480 e. The average Bonchev–Trinajstić information content (AvgIpc) is 3.07. The second kappa shape index (κ2) is 20.3. The summed E-state index contributed by atoms with van der Waals surface area (Å²) in [5, 5.41) is 53.1. The summed E-state index contributed by atoms with van der Waals surface area (Å²) in [5.74, 6) is -2.97. The molecule has 23 heteroatoms. The number of benzene rings is 3. The van der Waals surface area contributed by atoms with Gasteiger partial charge in [-0.2, -0.15) is 13.2 Å². The molecule has 55 heavy (non-hydrogen) atoms. The lowest BCUT2D eigenvalue weighted by molar-refractivity contribution is -0.392. The summed E-state index contributed by atoms with van der Waals surface area (Å²) in [6, 6.07) is 5.58. The highest BCUT2D eigenvalue weighted by Gasteiger charge is 2.32. The van der Waals surface area contributed by atoms with Crippen LogP contribution in [0.25, 0.3) is 0 Å². The molecule has 3 aromatic rings. The van der Waals surface area contributed by atoms with Crippen LogP contribution in [0.2, 0.25) is 5.02 Å². The summed E-state index contributed by atoms with van der Waals surface area (Å²) in [7, 11) is -3.10. The molecule has 6 N–H and O–H groups in total. The van der Waals surface area contributed by atoms with Crippen LogP contribution < -0.4 is 15.8 Å². The zero-order chi connectivity index (χ0) is 42.6. The Morgan fingerprint density at radius 1 is 0.964 bits per heavy atom. The number of hydrogen-bond acceptors (Lipinski definition) is 12. The lowest BCUT2D eigenvalue weighted by atomic mass is 10.0. The van der Waals surface area contributed by atoms with Crippen molar-refractivity contribution in [1.82, 2.24) is 0 Å². The smallest absolute Gasteiger partial charge is 0.416 e. The zero-order valence-corrected chi connectivity index (χ0v) is 31.5. The van der Waals surface area contributed by atoms with Gasteiger partial charge < -0.3 is 30.9 Å². The SMILES string of the molecule is CCC(CC)Nc1c([N+](=O)[O-])cc(C)c(C)c1[N+](=O)[O-].CP(=O)(O)CCC(N)C(=O)O.O=C(O)c1cc(Oc2ccc(C(F)(F)F)cc2Cl)ccc1[N+](=O)[O-]. The second-order valence-corrected chi connectivity index (χ2v) is 14.7. The third kappa shape index (κ3) is 14.8. The van der Waals surface area contributed by atoms with Gasteiger partial charge in [0.2, 0.25) is 0 Å². The summed E-state index contributed by atoms with van der Waals surface area (Å²) in [4.78, 5) is 61.1. The van der Waals surface area contributed by atoms with E-state index in [0.717, 1.165) is 43.2 Å². The first-order chi connectivity index (χ1) is 25.2. The predicted molar refractivity (Wildman–Crippen MR) is 195 cm³/mol. The topological polar surface area (TPSA) is 289 Å². The van der Waals surface area contributed by atoms with Crippen molar-refractivity contribution < 1.29 is 61.9 Å². The summed E-state index contributed by atoms with van der Waals surface area (Å²) in [6.45, 7) is 8.28. The van der Waals surface area contributed by atoms with Crippen molar-refractivity contribution in [3.8, 4) is 11.5 Å². The van der Waals surface area contributed by atoms with E-state index in [-0.39, 0.29) is 52.2 Å². The number of carbonyl (C=O) groups is 2. The summed E-state index contributed by atoms with van der Waals surface area (Å²) in [5.41, 5.74) is 3.40. The maximum Gasteiger partial charge on any atom is 0.416 e. The third-order valence-corrected chi connectivity index (χ3v) is 8.94. The van der Waals surface area contributed by atoms with Crippen LogP contribution >= 0.6 is 19.0 Å². The van der Waals surface area contributed by atoms with Crippen LogP contribution in [0, 0.1) is 44.2 Å². The van der Waals surface area contributed by atoms with Gasteiger partial charge in [-0.3, -0.25) is 39.7 Å². The molecule has 3 aromatic carbocycles. The quantitative estimate of drug-likeness (QED) is 0.0582. The Morgan fingerprint density at radius 3 is 1.95 bits per heavy atom. The van der Waals surface area contributed by atoms with Crippen molar-refractivity contribution in [1.29, 1.82) is 0 Å². The van der Waals surface area contributed by atoms with E-state index in [0.29, 0.717) is 17.2 Å². The van der Waals surface area contributed by atoms with Gasteiger partial charge >= 0.3 is 23.8 Å². The molecule has 0 aromatic heterocycles. The van der Waals surface area contributed by atoms with Crippen LogP contribution in [0.15, 0.2) is 42.5 Å². The van der Waals surface area contributed by atoms with E-state index in [1.54, 1.807) is 13.8 Å². The number of anilines is 1. The fraction of sp³-hybridized carbons (Fsp3) is 0.375. The van der Waals surface area contributed by atoms with Crippen molar-refractivity contribution >= 4 is 53.7 Å². The number of halogens is 4. The molecule has 0 spiro atoms. The molecule has 0 saturated carbocycles. The number of nitrogens with one attached hydrogen (secondary N) is 1. The van der Waals surface area contributed by atoms with Gasteiger partial charge in [-0.05, 0) is 62.9 Å². The maximum atomic E-state index is 12.6. The van der Waals surface area contributed by atoms with E-state index in [1.807, 2.05) is 13.8 Å². The van der Waals surface area contributed by atoms with E-state index < -0.39 is 63.1 Å². The molecule has 0 radical (unpaired) electrons. The van der Waals surface area contributed by atoms with Crippen molar-refractivity contribution in [2.45, 2.75) is 65.2 Å². The van der Waals surface area contributed by atoms with Crippen molar-refractivity contribution in [2.75, 3.05) is 18.1 Å². The Labute approximate surface area is 316 Å². The number of aryl methyl sites for hydroxylation is 1. The van der Waals surface area contributed by atoms with E-state index in [1.165, 1.54) is 12.7 Å². The predicted octanol–water partition coefficient (Wildman–Crippen LogP) is 8.17. The van der Waals surface area contributed by atoms with Gasteiger partial charge in [0.1, 0.15) is 23.1 Å². The number of carboxylic acids is 2. The minimum absolute atomic E-state index is 0.0109. The number of carboxylic acid groups (broad SMARTS) is 2. The summed E-state index contributed by atoms with van der Waals surface area (Å²) in [6.07, 6.45) is -3.11. The van der Waals surface area contributed by atoms with Gasteiger partial charge in [0.25, 0.3) is 11.4 Å². The van der Waals surface area contributed by atoms with Gasteiger partial charge in [0.05, 0.1) is 25.4 Å². The number of aliphatic carboxylic acids is 1. The normalized spacial score (nSPS) is 12.5. The molecule has 18 nitrogen and oxygen atoms in total. The van der Waals surface area contributed by atoms with E-state index >= 15 is 0 Å². The van der Waals surface area contributed by atoms with Crippen LogP contribution in [0.1, 0.15) is 60.2 Å². The van der Waals surface area contributed by atoms with Gasteiger partial charge in [-0.15, -0.1) is 0 Å². The molecule has 2 atom stereocenters. The molecule has 0 bridgehead atoms. The van der Waals surface area contributed by atoms with Crippen LogP contribution in [0.3, 0.4) is 0 Å². The number of rotatable bonds is 14. The molecule has 0 fully saturated rings. The molecular weight excluding hydrogens is 786 g/mol. The van der Waals surface area contributed by atoms with Gasteiger partial charge in [-0.25, -0.2) is 4.79 Å². The van der Waals surface area contributed by atoms with Gasteiger partial charge in [0.15, 0.2) is 13.1 Å². The van der Waals surface area contributed by atoms with E-state index in [2.05, 4.69) is 5.32 Å². The molecule has 0 amide bonds. The van der Waals surface area contributed by atoms with Crippen LogP contribution in [0.5, 0.6) is 11.5 Å². The first-order valence-electron chi connectivity index (χ1n) is 15.8. The fourth-order valence-electron chi connectivity index (χ4n) is 4.39. The molecule has 0 aliphatic rings. The Balaban J connectivity index is 0.000000441. The molecule has 0 aliphatic heterocycles. The van der Waals surface area contributed by atoms with Gasteiger partial charge in [0, 0.05) is 42.6 Å². The molecular formula is C32H38ClF3N5O13P. The fourth-order valence-corrected chi connectivity index (χ4v) is 5.37. The van der Waals surface area contributed by atoms with E-state index in [4.69, 9.17) is 37.2 Å². The zero-order valence-electron chi connectivity index (χ0n) is 29.8. The second-order valence-electron chi connectivity index (χ2n) is 11.7. The minimum Gasteiger partial charge on any atom is -0.480 e. The van der Waals surface area contributed by atoms with E-state index in [9.17, 15) is 57.7 Å². The van der Waals surface area contributed by atoms with Crippen LogP contribution in [-0.2, 0) is 15.5 Å². The monoisotopic (exact) mass is 823 g/mol. The summed E-state index contributed by atoms with van der Waals surface area (Å²) < 4.78 is 53.5. The number of aromatic carboxylic acids is 1. The maximum absolute atomic E-state index is 12.6. The first kappa shape index (κ1) is 47.7. The number of nitro benzene ring substituents is 3. The Kier molecular flexibility index (Phi) is 17.6. The molecule has 0 heterocycles. The van der Waals surface area contributed by atoms with Crippen molar-refractivity contribution in [3.05, 3.63) is 100 Å². The highest BCUT2D eigenvalue weighted by Crippen LogP contribution is 2.40. The standard InChI is InChI=1S/C14H7ClF3NO5.C13H19N3O4.C5H12NO4P/c15-10-5-7(14(16,17)18)1-4-12(10)24-8-2-3-11(19(22)23)9(6-8)13(20)21;1-5-10(6-2)14-12-11(15(17)18)7-8(3)9(4)13(12)16(19)20;1-11(9,10)3-2-4(6)5(7)8/h1-6H,(H,20,21);7,10,14H,5-6H2,1-4H3;4H,2-3,6H2,1H3,(H,7,8)(H,9,10). The number of nitro groups is 3. The molecule has 302 valence electrons. The average molecular weight is 824 g/mol. The molecule has 3 rings (SSSR count). The Hall–Kier alpha value is -5.37. The number of nitrogens with zero attached hydrogens (tertiary/aromatic N) is 3. The third-order valence-electron chi connectivity index (χ3n) is 7.56. The van der Waals surface area contributed by atoms with Crippen LogP contribution in [0.4, 0.5) is 35.9 Å². The number of ether oxygens (including phenoxy) is 1. The molecule has 2 unspecified atom stereocenters. The first-order valence-corrected chi connectivity index (χ1v) is 18.5. The minimum atomic E-state index is -4.58.